The van der Waals surface area contributed by atoms with Crippen LogP contribution in [0.25, 0.3) is 0 Å². The first-order valence-electron chi connectivity index (χ1n) is 5.51. The maximum absolute atomic E-state index is 12.0. The average molecular weight is 302 g/mol. The maximum Gasteiger partial charge on any atom is 0.320 e. The molecule has 1 aromatic carbocycles. The standard InChI is InChI=1S/C11H14N2O6S/c1-12(7-11(14)19-2)20(17,18)8-9-5-3-4-6-10(9)13(15)16/h3-6H,7-8H2,1-2H3. The summed E-state index contributed by atoms with van der Waals surface area (Å²) in [7, 11) is -1.49. The van der Waals surface area contributed by atoms with Crippen molar-refractivity contribution < 1.29 is 22.9 Å². The van der Waals surface area contributed by atoms with Gasteiger partial charge in [-0.1, -0.05) is 18.2 Å². The predicted octanol–water partition coefficient (Wildman–Crippen LogP) is 0.529. The third kappa shape index (κ3) is 4.00. The number of hydrogen-bond donors (Lipinski definition) is 0. The van der Waals surface area contributed by atoms with E-state index in [1.54, 1.807) is 0 Å². The summed E-state index contributed by atoms with van der Waals surface area (Å²) in [5, 5.41) is 10.8. The molecule has 20 heavy (non-hydrogen) atoms. The maximum atomic E-state index is 12.0. The first-order chi connectivity index (χ1) is 9.27. The Labute approximate surface area is 116 Å². The molecule has 0 N–H and O–H groups in total. The highest BCUT2D eigenvalue weighted by molar-refractivity contribution is 7.88. The van der Waals surface area contributed by atoms with E-state index in [-0.39, 0.29) is 11.3 Å². The Kier molecular flexibility index (Phi) is 5.17. The molecule has 0 amide bonds. The molecule has 0 fully saturated rings. The van der Waals surface area contributed by atoms with Crippen LogP contribution in [0.2, 0.25) is 0 Å². The summed E-state index contributed by atoms with van der Waals surface area (Å²) in [5.41, 5.74) is -0.211. The number of carbonyl (C=O) groups excluding carboxylic acids is 1. The lowest BCUT2D eigenvalue weighted by atomic mass is 10.2. The number of likely N-dealkylation sites (N-methyl/N-ethyl adjacent to an activating group) is 1. The molecule has 0 atom stereocenters. The topological polar surface area (TPSA) is 107 Å². The molecule has 0 aromatic heterocycles. The van der Waals surface area contributed by atoms with Gasteiger partial charge in [-0.2, -0.15) is 4.31 Å². The van der Waals surface area contributed by atoms with Crippen LogP contribution in [-0.2, 0) is 25.3 Å². The summed E-state index contributed by atoms with van der Waals surface area (Å²) in [6, 6.07) is 5.55. The molecule has 9 heteroatoms. The number of carbonyl (C=O) groups is 1. The summed E-state index contributed by atoms with van der Waals surface area (Å²) in [6.07, 6.45) is 0. The number of hydrogen-bond acceptors (Lipinski definition) is 6. The largest absolute Gasteiger partial charge is 0.468 e. The quantitative estimate of drug-likeness (QED) is 0.431. The molecule has 0 saturated heterocycles. The van der Waals surface area contributed by atoms with E-state index in [0.717, 1.165) is 11.4 Å². The van der Waals surface area contributed by atoms with E-state index < -0.39 is 33.2 Å². The fourth-order valence-electron chi connectivity index (χ4n) is 1.46. The highest BCUT2D eigenvalue weighted by Gasteiger charge is 2.25. The summed E-state index contributed by atoms with van der Waals surface area (Å²) in [5.74, 6) is -1.27. The van der Waals surface area contributed by atoms with E-state index in [9.17, 15) is 23.3 Å². The number of para-hydroxylation sites is 1. The van der Waals surface area contributed by atoms with Crippen molar-refractivity contribution in [3.63, 3.8) is 0 Å². The highest BCUT2D eigenvalue weighted by atomic mass is 32.2. The van der Waals surface area contributed by atoms with Crippen molar-refractivity contribution in [3.8, 4) is 0 Å². The van der Waals surface area contributed by atoms with Crippen LogP contribution >= 0.6 is 0 Å². The number of nitrogens with zero attached hydrogens (tertiary/aromatic N) is 2. The SMILES string of the molecule is COC(=O)CN(C)S(=O)(=O)Cc1ccccc1[N+](=O)[O-]. The van der Waals surface area contributed by atoms with E-state index in [4.69, 9.17) is 0 Å². The van der Waals surface area contributed by atoms with Gasteiger partial charge in [0.25, 0.3) is 5.69 Å². The van der Waals surface area contributed by atoms with Crippen LogP contribution in [0.3, 0.4) is 0 Å². The van der Waals surface area contributed by atoms with E-state index in [2.05, 4.69) is 4.74 Å². The molecule has 0 aliphatic rings. The van der Waals surface area contributed by atoms with Gasteiger partial charge in [-0.05, 0) is 0 Å². The van der Waals surface area contributed by atoms with Crippen LogP contribution in [0.15, 0.2) is 24.3 Å². The van der Waals surface area contributed by atoms with Crippen molar-refractivity contribution in [1.29, 1.82) is 0 Å². The van der Waals surface area contributed by atoms with Crippen LogP contribution in [0, 0.1) is 10.1 Å². The smallest absolute Gasteiger partial charge is 0.320 e. The molecule has 1 rings (SSSR count). The molecule has 0 aliphatic heterocycles. The highest BCUT2D eigenvalue weighted by Crippen LogP contribution is 2.21. The number of methoxy groups -OCH3 is 1. The molecule has 110 valence electrons. The van der Waals surface area contributed by atoms with Crippen LogP contribution < -0.4 is 0 Å². The van der Waals surface area contributed by atoms with Crippen molar-refractivity contribution >= 4 is 21.7 Å². The van der Waals surface area contributed by atoms with Gasteiger partial charge >= 0.3 is 5.97 Å². The Morgan fingerprint density at radius 2 is 2.00 bits per heavy atom. The van der Waals surface area contributed by atoms with Gasteiger partial charge in [-0.25, -0.2) is 8.42 Å². The monoisotopic (exact) mass is 302 g/mol. The molecular formula is C11H14N2O6S. The third-order valence-electron chi connectivity index (χ3n) is 2.58. The average Bonchev–Trinajstić information content (AvgIpc) is 2.38. The number of ether oxygens (including phenoxy) is 1. The number of benzene rings is 1. The van der Waals surface area contributed by atoms with Crippen molar-refractivity contribution in [3.05, 3.63) is 39.9 Å². The van der Waals surface area contributed by atoms with Gasteiger partial charge in [-0.3, -0.25) is 14.9 Å². The zero-order valence-corrected chi connectivity index (χ0v) is 11.8. The number of sulfonamides is 1. The molecule has 0 saturated carbocycles. The molecule has 0 bridgehead atoms. The van der Waals surface area contributed by atoms with Crippen LogP contribution in [-0.4, -0.2) is 44.3 Å². The van der Waals surface area contributed by atoms with Gasteiger partial charge in [0.1, 0.15) is 6.54 Å². The first-order valence-corrected chi connectivity index (χ1v) is 7.12. The van der Waals surface area contributed by atoms with Gasteiger partial charge in [0.2, 0.25) is 10.0 Å². The van der Waals surface area contributed by atoms with E-state index in [1.165, 1.54) is 31.3 Å². The second-order valence-corrected chi connectivity index (χ2v) is 6.05. The Balaban J connectivity index is 2.97. The summed E-state index contributed by atoms with van der Waals surface area (Å²) in [4.78, 5) is 21.2. The van der Waals surface area contributed by atoms with Crippen LogP contribution in [0.1, 0.15) is 5.56 Å². The molecular weight excluding hydrogens is 288 g/mol. The van der Waals surface area contributed by atoms with Crippen molar-refractivity contribution in [2.75, 3.05) is 20.7 Å². The lowest BCUT2D eigenvalue weighted by Gasteiger charge is -2.15. The Bertz CT molecular complexity index is 613. The number of nitro benzene ring substituents is 1. The fraction of sp³-hybridized carbons (Fsp3) is 0.364. The molecule has 0 aliphatic carbocycles. The van der Waals surface area contributed by atoms with Crippen molar-refractivity contribution in [2.24, 2.45) is 0 Å². The Morgan fingerprint density at radius 3 is 2.55 bits per heavy atom. The number of nitro groups is 1. The van der Waals surface area contributed by atoms with Crippen molar-refractivity contribution in [1.82, 2.24) is 4.31 Å². The molecule has 0 spiro atoms. The third-order valence-corrected chi connectivity index (χ3v) is 4.34. The van der Waals surface area contributed by atoms with Crippen LogP contribution in [0.5, 0.6) is 0 Å². The lowest BCUT2D eigenvalue weighted by Crippen LogP contribution is -2.33. The minimum atomic E-state index is -3.85. The minimum Gasteiger partial charge on any atom is -0.468 e. The van der Waals surface area contributed by atoms with Gasteiger partial charge in [0, 0.05) is 18.7 Å². The van der Waals surface area contributed by atoms with E-state index >= 15 is 0 Å². The van der Waals surface area contributed by atoms with E-state index in [0.29, 0.717) is 0 Å². The van der Waals surface area contributed by atoms with Gasteiger partial charge < -0.3 is 4.74 Å². The normalized spacial score (nSPS) is 11.3. The van der Waals surface area contributed by atoms with Crippen LogP contribution in [0.4, 0.5) is 5.69 Å². The second-order valence-electron chi connectivity index (χ2n) is 3.97. The molecule has 1 aromatic rings. The second kappa shape index (κ2) is 6.44. The lowest BCUT2D eigenvalue weighted by molar-refractivity contribution is -0.385. The molecule has 0 unspecified atom stereocenters. The minimum absolute atomic E-state index is 0.0641. The molecule has 8 nitrogen and oxygen atoms in total. The molecule has 0 radical (unpaired) electrons. The fourth-order valence-corrected chi connectivity index (χ4v) is 2.62. The number of rotatable bonds is 6. The first kappa shape index (κ1) is 16.1. The Morgan fingerprint density at radius 1 is 1.40 bits per heavy atom. The van der Waals surface area contributed by atoms with Gasteiger partial charge in [0.05, 0.1) is 17.8 Å². The van der Waals surface area contributed by atoms with Gasteiger partial charge in [-0.15, -0.1) is 0 Å². The number of esters is 1. The Hall–Kier alpha value is -2.00. The van der Waals surface area contributed by atoms with Gasteiger partial charge in [0.15, 0.2) is 0 Å². The summed E-state index contributed by atoms with van der Waals surface area (Å²) >= 11 is 0. The van der Waals surface area contributed by atoms with Crippen molar-refractivity contribution in [2.45, 2.75) is 5.75 Å². The summed E-state index contributed by atoms with van der Waals surface area (Å²) in [6.45, 7) is -0.445. The predicted molar refractivity (Wildman–Crippen MR) is 70.4 cm³/mol. The molecule has 0 heterocycles. The van der Waals surface area contributed by atoms with E-state index in [1.807, 2.05) is 0 Å². The summed E-state index contributed by atoms with van der Waals surface area (Å²) < 4.78 is 29.2. The zero-order valence-electron chi connectivity index (χ0n) is 11.0. The zero-order chi connectivity index (χ0) is 15.3.